The predicted molar refractivity (Wildman–Crippen MR) is 62.4 cm³/mol. The average Bonchev–Trinajstić information content (AvgIpc) is 2.38. The van der Waals surface area contributed by atoms with Gasteiger partial charge in [0.05, 0.1) is 18.5 Å². The molecule has 0 radical (unpaired) electrons. The van der Waals surface area contributed by atoms with Crippen LogP contribution in [-0.4, -0.2) is 47.1 Å². The van der Waals surface area contributed by atoms with Crippen molar-refractivity contribution in [2.24, 2.45) is 0 Å². The molecule has 0 saturated carbocycles. The van der Waals surface area contributed by atoms with Crippen molar-refractivity contribution in [3.05, 3.63) is 18.1 Å². The minimum atomic E-state index is -0.112. The number of ether oxygens (including phenoxy) is 1. The van der Waals surface area contributed by atoms with Crippen LogP contribution in [0.15, 0.2) is 12.4 Å². The van der Waals surface area contributed by atoms with Gasteiger partial charge in [-0.15, -0.1) is 0 Å². The number of nitrogens with zero attached hydrogens (tertiary/aromatic N) is 3. The van der Waals surface area contributed by atoms with Gasteiger partial charge < -0.3 is 15.4 Å². The van der Waals surface area contributed by atoms with Gasteiger partial charge in [0, 0.05) is 20.2 Å². The lowest BCUT2D eigenvalue weighted by Crippen LogP contribution is -2.41. The lowest BCUT2D eigenvalue weighted by atomic mass is 10.1. The molecule has 1 aliphatic rings. The van der Waals surface area contributed by atoms with Crippen LogP contribution >= 0.6 is 0 Å². The van der Waals surface area contributed by atoms with Crippen LogP contribution in [0, 0.1) is 0 Å². The van der Waals surface area contributed by atoms with E-state index in [1.165, 1.54) is 12.4 Å². The zero-order chi connectivity index (χ0) is 12.3. The van der Waals surface area contributed by atoms with Gasteiger partial charge in [0.1, 0.15) is 11.5 Å². The third-order valence-electron chi connectivity index (χ3n) is 2.93. The highest BCUT2D eigenvalue weighted by molar-refractivity contribution is 5.92. The Kier molecular flexibility index (Phi) is 3.53. The molecule has 1 aromatic heterocycles. The van der Waals surface area contributed by atoms with Crippen LogP contribution in [0.2, 0.25) is 0 Å². The summed E-state index contributed by atoms with van der Waals surface area (Å²) >= 11 is 0. The minimum Gasteiger partial charge on any atom is -0.382 e. The van der Waals surface area contributed by atoms with Crippen LogP contribution in [0.25, 0.3) is 0 Å². The maximum Gasteiger partial charge on any atom is 0.274 e. The summed E-state index contributed by atoms with van der Waals surface area (Å²) in [5.41, 5.74) is 5.81. The standard InChI is InChI=1S/C11H16N4O2/c1-17-8-2-4-15(5-3-8)11(16)9-6-13-7-10(12)14-9/h6-8H,2-5H2,1H3,(H2,12,14). The summed E-state index contributed by atoms with van der Waals surface area (Å²) < 4.78 is 5.26. The Morgan fingerprint density at radius 1 is 1.47 bits per heavy atom. The van der Waals surface area contributed by atoms with Crippen molar-refractivity contribution in [2.75, 3.05) is 25.9 Å². The van der Waals surface area contributed by atoms with Gasteiger partial charge in [-0.25, -0.2) is 4.98 Å². The summed E-state index contributed by atoms with van der Waals surface area (Å²) in [6.45, 7) is 1.38. The summed E-state index contributed by atoms with van der Waals surface area (Å²) in [7, 11) is 1.70. The third-order valence-corrected chi connectivity index (χ3v) is 2.93. The van der Waals surface area contributed by atoms with Gasteiger partial charge in [-0.05, 0) is 12.8 Å². The molecule has 0 unspecified atom stereocenters. The van der Waals surface area contributed by atoms with E-state index in [0.717, 1.165) is 12.8 Å². The smallest absolute Gasteiger partial charge is 0.274 e. The zero-order valence-electron chi connectivity index (χ0n) is 9.80. The third kappa shape index (κ3) is 2.71. The van der Waals surface area contributed by atoms with Crippen LogP contribution in [0.3, 0.4) is 0 Å². The molecule has 0 aliphatic carbocycles. The van der Waals surface area contributed by atoms with Crippen LogP contribution in [-0.2, 0) is 4.74 Å². The van der Waals surface area contributed by atoms with Crippen molar-refractivity contribution in [2.45, 2.75) is 18.9 Å². The van der Waals surface area contributed by atoms with Gasteiger partial charge in [0.15, 0.2) is 0 Å². The maximum absolute atomic E-state index is 12.1. The first-order chi connectivity index (χ1) is 8.20. The number of carbonyl (C=O) groups excluding carboxylic acids is 1. The normalized spacial score (nSPS) is 17.1. The molecule has 2 N–H and O–H groups in total. The number of anilines is 1. The topological polar surface area (TPSA) is 81.3 Å². The lowest BCUT2D eigenvalue weighted by Gasteiger charge is -2.30. The predicted octanol–water partition coefficient (Wildman–Crippen LogP) is 0.310. The Hall–Kier alpha value is -1.69. The Bertz CT molecular complexity index is 402. The molecule has 1 saturated heterocycles. The van der Waals surface area contributed by atoms with Gasteiger partial charge in [0.25, 0.3) is 5.91 Å². The fourth-order valence-corrected chi connectivity index (χ4v) is 1.94. The highest BCUT2D eigenvalue weighted by atomic mass is 16.5. The van der Waals surface area contributed by atoms with E-state index < -0.39 is 0 Å². The fourth-order valence-electron chi connectivity index (χ4n) is 1.94. The molecule has 0 bridgehead atoms. The highest BCUT2D eigenvalue weighted by Gasteiger charge is 2.24. The maximum atomic E-state index is 12.1. The molecule has 6 heteroatoms. The van der Waals surface area contributed by atoms with Gasteiger partial charge in [-0.1, -0.05) is 0 Å². The van der Waals surface area contributed by atoms with Crippen LogP contribution in [0.1, 0.15) is 23.3 Å². The number of aromatic nitrogens is 2. The summed E-state index contributed by atoms with van der Waals surface area (Å²) in [4.78, 5) is 21.7. The molecule has 0 spiro atoms. The first-order valence-corrected chi connectivity index (χ1v) is 5.60. The quantitative estimate of drug-likeness (QED) is 0.799. The number of amides is 1. The Morgan fingerprint density at radius 3 is 2.76 bits per heavy atom. The number of piperidine rings is 1. The van der Waals surface area contributed by atoms with Crippen LogP contribution < -0.4 is 5.73 Å². The summed E-state index contributed by atoms with van der Waals surface area (Å²) in [6, 6.07) is 0. The first-order valence-electron chi connectivity index (χ1n) is 5.60. The molecular formula is C11H16N4O2. The van der Waals surface area contributed by atoms with E-state index in [0.29, 0.717) is 18.8 Å². The number of nitrogen functional groups attached to an aromatic ring is 1. The number of nitrogens with two attached hydrogens (primary N) is 1. The Morgan fingerprint density at radius 2 is 2.18 bits per heavy atom. The molecule has 92 valence electrons. The number of methoxy groups -OCH3 is 1. The van der Waals surface area contributed by atoms with Crippen molar-refractivity contribution < 1.29 is 9.53 Å². The molecule has 0 atom stereocenters. The summed E-state index contributed by atoms with van der Waals surface area (Å²) in [5, 5.41) is 0. The molecule has 2 heterocycles. The average molecular weight is 236 g/mol. The van der Waals surface area contributed by atoms with E-state index in [2.05, 4.69) is 9.97 Å². The molecule has 2 rings (SSSR count). The van der Waals surface area contributed by atoms with Crippen molar-refractivity contribution in [3.63, 3.8) is 0 Å². The number of rotatable bonds is 2. The van der Waals surface area contributed by atoms with Crippen molar-refractivity contribution in [1.29, 1.82) is 0 Å². The van der Waals surface area contributed by atoms with Gasteiger partial charge in [0.2, 0.25) is 0 Å². The molecule has 0 aromatic carbocycles. The van der Waals surface area contributed by atoms with Gasteiger partial charge >= 0.3 is 0 Å². The van der Waals surface area contributed by atoms with Crippen molar-refractivity contribution in [3.8, 4) is 0 Å². The van der Waals surface area contributed by atoms with E-state index in [1.807, 2.05) is 0 Å². The summed E-state index contributed by atoms with van der Waals surface area (Å²) in [6.07, 6.45) is 4.84. The Balaban J connectivity index is 2.02. The monoisotopic (exact) mass is 236 g/mol. The SMILES string of the molecule is COC1CCN(C(=O)c2cncc(N)n2)CC1. The van der Waals surface area contributed by atoms with Crippen molar-refractivity contribution >= 4 is 11.7 Å². The van der Waals surface area contributed by atoms with E-state index >= 15 is 0 Å². The second-order valence-electron chi connectivity index (χ2n) is 4.06. The van der Waals surface area contributed by atoms with E-state index in [4.69, 9.17) is 10.5 Å². The number of hydrogen-bond donors (Lipinski definition) is 1. The molecule has 17 heavy (non-hydrogen) atoms. The zero-order valence-corrected chi connectivity index (χ0v) is 9.80. The van der Waals surface area contributed by atoms with Gasteiger partial charge in [-0.3, -0.25) is 9.78 Å². The molecule has 6 nitrogen and oxygen atoms in total. The van der Waals surface area contributed by atoms with Crippen LogP contribution in [0.4, 0.5) is 5.82 Å². The first kappa shape index (κ1) is 11.8. The highest BCUT2D eigenvalue weighted by Crippen LogP contribution is 2.14. The molecular weight excluding hydrogens is 220 g/mol. The van der Waals surface area contributed by atoms with E-state index in [-0.39, 0.29) is 17.8 Å². The molecule has 1 aromatic rings. The molecule has 1 aliphatic heterocycles. The molecule has 1 amide bonds. The van der Waals surface area contributed by atoms with E-state index in [1.54, 1.807) is 12.0 Å². The van der Waals surface area contributed by atoms with Crippen molar-refractivity contribution in [1.82, 2.24) is 14.9 Å². The lowest BCUT2D eigenvalue weighted by molar-refractivity contribution is 0.0347. The Labute approximate surface area is 99.8 Å². The van der Waals surface area contributed by atoms with E-state index in [9.17, 15) is 4.79 Å². The van der Waals surface area contributed by atoms with Gasteiger partial charge in [-0.2, -0.15) is 0 Å². The van der Waals surface area contributed by atoms with Crippen LogP contribution in [0.5, 0.6) is 0 Å². The summed E-state index contributed by atoms with van der Waals surface area (Å²) in [5.74, 6) is 0.155. The second kappa shape index (κ2) is 5.09. The second-order valence-corrected chi connectivity index (χ2v) is 4.06. The molecule has 1 fully saturated rings. The minimum absolute atomic E-state index is 0.112. The number of likely N-dealkylation sites (tertiary alicyclic amines) is 1. The largest absolute Gasteiger partial charge is 0.382 e. The number of carbonyl (C=O) groups is 1. The fraction of sp³-hybridized carbons (Fsp3) is 0.545. The number of hydrogen-bond acceptors (Lipinski definition) is 5.